The molecule has 0 aliphatic heterocycles. The van der Waals surface area contributed by atoms with E-state index in [-0.39, 0.29) is 11.9 Å². The molecule has 2 atom stereocenters. The highest BCUT2D eigenvalue weighted by molar-refractivity contribution is 6.74. The van der Waals surface area contributed by atoms with Crippen LogP contribution in [0, 0.1) is 11.7 Å². The summed E-state index contributed by atoms with van der Waals surface area (Å²) in [7, 11) is 0. The summed E-state index contributed by atoms with van der Waals surface area (Å²) in [4.78, 5) is 0. The topological polar surface area (TPSA) is 9.23 Å². The van der Waals surface area contributed by atoms with Crippen LogP contribution in [0.5, 0.6) is 5.75 Å². The Morgan fingerprint density at radius 3 is 2.58 bits per heavy atom. The molecule has 0 saturated heterocycles. The Morgan fingerprint density at radius 1 is 1.21 bits per heavy atom. The average molecular weight is 275 g/mol. The SMILES string of the molecule is CC1CCCC(Oc2ccc(F)cc2[B-](F)(F)F)C1. The van der Waals surface area contributed by atoms with Crippen LogP contribution in [0.4, 0.5) is 17.3 Å². The first-order valence-electron chi connectivity index (χ1n) is 6.52. The lowest BCUT2D eigenvalue weighted by molar-refractivity contribution is 0.130. The van der Waals surface area contributed by atoms with Gasteiger partial charge in [0.2, 0.25) is 0 Å². The smallest absolute Gasteiger partial charge is 0.493 e. The second-order valence-corrected chi connectivity index (χ2v) is 5.27. The van der Waals surface area contributed by atoms with Gasteiger partial charge in [-0.2, -0.15) is 0 Å². The zero-order valence-electron chi connectivity index (χ0n) is 10.7. The van der Waals surface area contributed by atoms with E-state index in [4.69, 9.17) is 4.74 Å². The van der Waals surface area contributed by atoms with Crippen LogP contribution in [0.1, 0.15) is 32.6 Å². The van der Waals surface area contributed by atoms with E-state index >= 15 is 0 Å². The van der Waals surface area contributed by atoms with Crippen molar-refractivity contribution < 1.29 is 22.1 Å². The molecule has 2 rings (SSSR count). The second-order valence-electron chi connectivity index (χ2n) is 5.27. The second kappa shape index (κ2) is 5.43. The Balaban J connectivity index is 2.20. The van der Waals surface area contributed by atoms with E-state index in [0.29, 0.717) is 12.0 Å². The number of ether oxygens (including phenoxy) is 1. The maximum atomic E-state index is 13.0. The number of benzene rings is 1. The molecule has 0 amide bonds. The molecule has 0 radical (unpaired) electrons. The van der Waals surface area contributed by atoms with Crippen LogP contribution in [0.25, 0.3) is 0 Å². The Morgan fingerprint density at radius 2 is 1.95 bits per heavy atom. The van der Waals surface area contributed by atoms with Gasteiger partial charge in [-0.05, 0) is 43.4 Å². The third kappa shape index (κ3) is 3.64. The predicted octanol–water partition coefficient (Wildman–Crippen LogP) is 3.84. The maximum absolute atomic E-state index is 13.0. The molecule has 1 fully saturated rings. The summed E-state index contributed by atoms with van der Waals surface area (Å²) in [5.74, 6) is -0.675. The molecule has 0 aromatic heterocycles. The van der Waals surface area contributed by atoms with Gasteiger partial charge in [0.25, 0.3) is 0 Å². The normalized spacial score (nSPS) is 24.3. The van der Waals surface area contributed by atoms with E-state index in [1.165, 1.54) is 0 Å². The molecule has 0 N–H and O–H groups in total. The zero-order chi connectivity index (χ0) is 14.0. The molecule has 106 valence electrons. The van der Waals surface area contributed by atoms with Crippen molar-refractivity contribution in [3.63, 3.8) is 0 Å². The van der Waals surface area contributed by atoms with Gasteiger partial charge in [-0.3, -0.25) is 0 Å². The molecular weight excluding hydrogens is 259 g/mol. The standard InChI is InChI=1S/C13H16BF4O/c1-9-3-2-4-11(7-9)19-13-6-5-10(15)8-12(13)14(16,17)18/h5-6,8-9,11H,2-4,7H2,1H3/q-1. The van der Waals surface area contributed by atoms with Crippen molar-refractivity contribution >= 4 is 12.4 Å². The predicted molar refractivity (Wildman–Crippen MR) is 67.2 cm³/mol. The molecule has 0 spiro atoms. The molecule has 19 heavy (non-hydrogen) atoms. The fourth-order valence-corrected chi connectivity index (χ4v) is 2.55. The van der Waals surface area contributed by atoms with Crippen molar-refractivity contribution in [3.05, 3.63) is 24.0 Å². The van der Waals surface area contributed by atoms with Crippen molar-refractivity contribution in [1.82, 2.24) is 0 Å². The minimum atomic E-state index is -5.26. The van der Waals surface area contributed by atoms with Crippen molar-refractivity contribution in [1.29, 1.82) is 0 Å². The van der Waals surface area contributed by atoms with Crippen molar-refractivity contribution in [3.8, 4) is 5.75 Å². The van der Waals surface area contributed by atoms with Gasteiger partial charge >= 0.3 is 6.98 Å². The molecular formula is C13H16BF4O-. The van der Waals surface area contributed by atoms with E-state index in [1.807, 2.05) is 0 Å². The van der Waals surface area contributed by atoms with Gasteiger partial charge in [0.15, 0.2) is 0 Å². The molecule has 1 aliphatic carbocycles. The number of hydrogen-bond donors (Lipinski definition) is 0. The quantitative estimate of drug-likeness (QED) is 0.601. The van der Waals surface area contributed by atoms with E-state index < -0.39 is 18.3 Å². The fourth-order valence-electron chi connectivity index (χ4n) is 2.55. The minimum Gasteiger partial charge on any atom is -0.493 e. The third-order valence-corrected chi connectivity index (χ3v) is 3.51. The highest BCUT2D eigenvalue weighted by atomic mass is 19.4. The number of hydrogen-bond acceptors (Lipinski definition) is 1. The van der Waals surface area contributed by atoms with Gasteiger partial charge in [0, 0.05) is 0 Å². The molecule has 1 aromatic rings. The Hall–Kier alpha value is -1.20. The van der Waals surface area contributed by atoms with Gasteiger partial charge in [0.05, 0.1) is 11.9 Å². The summed E-state index contributed by atoms with van der Waals surface area (Å²) in [6, 6.07) is 2.60. The van der Waals surface area contributed by atoms with Crippen LogP contribution in [-0.2, 0) is 0 Å². The van der Waals surface area contributed by atoms with Crippen molar-refractivity contribution in [2.45, 2.75) is 38.7 Å². The molecule has 6 heteroatoms. The molecule has 0 bridgehead atoms. The molecule has 1 aliphatic rings. The van der Waals surface area contributed by atoms with E-state index in [1.54, 1.807) is 0 Å². The van der Waals surface area contributed by atoms with Crippen LogP contribution in [0.15, 0.2) is 18.2 Å². The summed E-state index contributed by atoms with van der Waals surface area (Å²) < 4.78 is 57.1. The first-order chi connectivity index (χ1) is 8.86. The lowest BCUT2D eigenvalue weighted by atomic mass is 9.79. The van der Waals surface area contributed by atoms with Crippen LogP contribution in [0.3, 0.4) is 0 Å². The lowest BCUT2D eigenvalue weighted by Crippen LogP contribution is -2.37. The largest absolute Gasteiger partial charge is 0.513 e. The minimum absolute atomic E-state index is 0.203. The zero-order valence-corrected chi connectivity index (χ0v) is 10.7. The first-order valence-corrected chi connectivity index (χ1v) is 6.52. The van der Waals surface area contributed by atoms with Gasteiger partial charge < -0.3 is 17.7 Å². The summed E-state index contributed by atoms with van der Waals surface area (Å²) in [5, 5.41) is 0. The number of halogens is 4. The molecule has 2 unspecified atom stereocenters. The Kier molecular flexibility index (Phi) is 4.06. The van der Waals surface area contributed by atoms with E-state index in [2.05, 4.69) is 6.92 Å². The summed E-state index contributed by atoms with van der Waals surface area (Å²) >= 11 is 0. The monoisotopic (exact) mass is 275 g/mol. The molecule has 0 heterocycles. The Labute approximate surface area is 110 Å². The summed E-state index contributed by atoms with van der Waals surface area (Å²) in [6.07, 6.45) is 3.35. The maximum Gasteiger partial charge on any atom is 0.513 e. The lowest BCUT2D eigenvalue weighted by Gasteiger charge is -2.29. The van der Waals surface area contributed by atoms with Gasteiger partial charge in [-0.15, -0.1) is 0 Å². The summed E-state index contributed by atoms with van der Waals surface area (Å²) in [6.45, 7) is -3.20. The van der Waals surface area contributed by atoms with E-state index in [9.17, 15) is 17.3 Å². The Bertz CT molecular complexity index is 447. The molecule has 1 saturated carbocycles. The van der Waals surface area contributed by atoms with Crippen LogP contribution >= 0.6 is 0 Å². The average Bonchev–Trinajstić information content (AvgIpc) is 2.30. The van der Waals surface area contributed by atoms with Crippen LogP contribution in [0.2, 0.25) is 0 Å². The summed E-state index contributed by atoms with van der Waals surface area (Å²) in [5.41, 5.74) is -0.974. The molecule has 1 nitrogen and oxygen atoms in total. The highest BCUT2D eigenvalue weighted by Crippen LogP contribution is 2.28. The van der Waals surface area contributed by atoms with Crippen molar-refractivity contribution in [2.75, 3.05) is 0 Å². The van der Waals surface area contributed by atoms with Crippen LogP contribution in [-0.4, -0.2) is 13.1 Å². The van der Waals surface area contributed by atoms with Crippen LogP contribution < -0.4 is 10.2 Å². The van der Waals surface area contributed by atoms with Gasteiger partial charge in [-0.1, -0.05) is 18.8 Å². The number of rotatable bonds is 3. The van der Waals surface area contributed by atoms with Gasteiger partial charge in [0.1, 0.15) is 5.82 Å². The fraction of sp³-hybridized carbons (Fsp3) is 0.538. The first kappa shape index (κ1) is 14.2. The van der Waals surface area contributed by atoms with E-state index in [0.717, 1.165) is 37.8 Å². The highest BCUT2D eigenvalue weighted by Gasteiger charge is 2.31. The third-order valence-electron chi connectivity index (χ3n) is 3.51. The molecule has 1 aromatic carbocycles. The van der Waals surface area contributed by atoms with Crippen molar-refractivity contribution in [2.24, 2.45) is 5.92 Å². The van der Waals surface area contributed by atoms with Gasteiger partial charge in [-0.25, -0.2) is 4.39 Å².